The Morgan fingerprint density at radius 1 is 0.828 bits per heavy atom. The summed E-state index contributed by atoms with van der Waals surface area (Å²) >= 11 is 0. The second kappa shape index (κ2) is 9.69. The monoisotopic (exact) mass is 386 g/mol. The average molecular weight is 386 g/mol. The van der Waals surface area contributed by atoms with Crippen LogP contribution in [0.4, 0.5) is 5.69 Å². The summed E-state index contributed by atoms with van der Waals surface area (Å²) in [7, 11) is 0. The van der Waals surface area contributed by atoms with E-state index in [2.05, 4.69) is 5.32 Å². The summed E-state index contributed by atoms with van der Waals surface area (Å²) in [5.74, 6) is -0.225. The van der Waals surface area contributed by atoms with Gasteiger partial charge in [0.25, 0.3) is 11.8 Å². The molecule has 1 atom stereocenters. The van der Waals surface area contributed by atoms with Gasteiger partial charge in [-0.3, -0.25) is 9.59 Å². The zero-order valence-corrected chi connectivity index (χ0v) is 16.8. The summed E-state index contributed by atoms with van der Waals surface area (Å²) in [4.78, 5) is 27.3. The smallest absolute Gasteiger partial charge is 0.258 e. The third-order valence-corrected chi connectivity index (χ3v) is 4.88. The summed E-state index contributed by atoms with van der Waals surface area (Å²) in [5, 5.41) is 2.94. The zero-order chi connectivity index (χ0) is 20.6. The molecule has 3 rings (SSSR count). The van der Waals surface area contributed by atoms with Crippen molar-refractivity contribution in [1.82, 2.24) is 5.32 Å². The summed E-state index contributed by atoms with van der Waals surface area (Å²) in [6, 6.07) is 26.5. The summed E-state index contributed by atoms with van der Waals surface area (Å²) in [6.45, 7) is 4.47. The van der Waals surface area contributed by atoms with Crippen molar-refractivity contribution >= 4 is 17.5 Å². The summed E-state index contributed by atoms with van der Waals surface area (Å²) < 4.78 is 0. The Morgan fingerprint density at radius 2 is 1.38 bits per heavy atom. The van der Waals surface area contributed by atoms with Crippen LogP contribution in [0.2, 0.25) is 0 Å². The van der Waals surface area contributed by atoms with E-state index in [1.807, 2.05) is 74.5 Å². The quantitative estimate of drug-likeness (QED) is 0.617. The number of anilines is 1. The predicted octanol–water partition coefficient (Wildman–Crippen LogP) is 5.06. The lowest BCUT2D eigenvalue weighted by Crippen LogP contribution is -2.32. The molecule has 0 aromatic heterocycles. The van der Waals surface area contributed by atoms with Gasteiger partial charge in [0.15, 0.2) is 0 Å². The molecule has 0 saturated carbocycles. The van der Waals surface area contributed by atoms with Gasteiger partial charge in [-0.05, 0) is 55.3 Å². The molecule has 0 bridgehead atoms. The topological polar surface area (TPSA) is 49.4 Å². The van der Waals surface area contributed by atoms with Crippen LogP contribution < -0.4 is 10.2 Å². The third-order valence-electron chi connectivity index (χ3n) is 4.88. The lowest BCUT2D eigenvalue weighted by atomic mass is 10.1. The lowest BCUT2D eigenvalue weighted by molar-refractivity contribution is 0.0936. The number of hydrogen-bond donors (Lipinski definition) is 1. The highest BCUT2D eigenvalue weighted by Gasteiger charge is 2.19. The van der Waals surface area contributed by atoms with Gasteiger partial charge in [0.1, 0.15) is 0 Å². The van der Waals surface area contributed by atoms with Crippen molar-refractivity contribution in [2.75, 3.05) is 4.90 Å². The third kappa shape index (κ3) is 5.32. The van der Waals surface area contributed by atoms with Crippen molar-refractivity contribution in [3.63, 3.8) is 0 Å². The van der Waals surface area contributed by atoms with Gasteiger partial charge in [0, 0.05) is 22.9 Å². The van der Waals surface area contributed by atoms with E-state index in [1.54, 1.807) is 29.2 Å². The number of carbonyl (C=O) groups excluding carboxylic acids is 2. The molecule has 0 aliphatic heterocycles. The van der Waals surface area contributed by atoms with E-state index in [9.17, 15) is 9.59 Å². The molecule has 3 aromatic carbocycles. The van der Waals surface area contributed by atoms with Crippen LogP contribution in [-0.2, 0) is 6.54 Å². The minimum atomic E-state index is -0.123. The highest BCUT2D eigenvalue weighted by molar-refractivity contribution is 6.06. The standard InChI is InChI=1S/C25H26N2O2/c1-3-19(2)26-24(28)21-14-16-22(17-15-21)25(29)27(23-12-8-5-9-13-23)18-20-10-6-4-7-11-20/h4-17,19H,3,18H2,1-2H3,(H,26,28). The fourth-order valence-electron chi connectivity index (χ4n) is 2.98. The van der Waals surface area contributed by atoms with Gasteiger partial charge in [-0.2, -0.15) is 0 Å². The van der Waals surface area contributed by atoms with Crippen LogP contribution in [-0.4, -0.2) is 17.9 Å². The minimum absolute atomic E-state index is 0.103. The summed E-state index contributed by atoms with van der Waals surface area (Å²) in [6.07, 6.45) is 0.869. The maximum atomic E-state index is 13.3. The van der Waals surface area contributed by atoms with Gasteiger partial charge >= 0.3 is 0 Å². The highest BCUT2D eigenvalue weighted by Crippen LogP contribution is 2.20. The fraction of sp³-hybridized carbons (Fsp3) is 0.200. The molecule has 4 heteroatoms. The van der Waals surface area contributed by atoms with Gasteiger partial charge in [-0.25, -0.2) is 0 Å². The molecule has 0 aliphatic rings. The molecule has 148 valence electrons. The molecule has 1 N–H and O–H groups in total. The number of nitrogens with zero attached hydrogens (tertiary/aromatic N) is 1. The van der Waals surface area contributed by atoms with E-state index in [0.717, 1.165) is 17.7 Å². The Labute approximate surface area is 172 Å². The Balaban J connectivity index is 1.83. The number of amides is 2. The number of hydrogen-bond acceptors (Lipinski definition) is 2. The molecule has 0 heterocycles. The van der Waals surface area contributed by atoms with Crippen LogP contribution in [0.15, 0.2) is 84.9 Å². The Morgan fingerprint density at radius 3 is 1.97 bits per heavy atom. The van der Waals surface area contributed by atoms with Crippen molar-refractivity contribution in [3.05, 3.63) is 102 Å². The molecule has 1 unspecified atom stereocenters. The van der Waals surface area contributed by atoms with E-state index >= 15 is 0 Å². The molecule has 29 heavy (non-hydrogen) atoms. The van der Waals surface area contributed by atoms with Crippen LogP contribution in [0.25, 0.3) is 0 Å². The van der Waals surface area contributed by atoms with Crippen molar-refractivity contribution < 1.29 is 9.59 Å². The number of carbonyl (C=O) groups is 2. The van der Waals surface area contributed by atoms with Gasteiger partial charge in [-0.15, -0.1) is 0 Å². The molecular formula is C25H26N2O2. The zero-order valence-electron chi connectivity index (χ0n) is 16.8. The number of rotatable bonds is 7. The van der Waals surface area contributed by atoms with E-state index in [0.29, 0.717) is 17.7 Å². The van der Waals surface area contributed by atoms with Gasteiger partial charge in [-0.1, -0.05) is 55.5 Å². The van der Waals surface area contributed by atoms with E-state index in [1.165, 1.54) is 0 Å². The van der Waals surface area contributed by atoms with Crippen LogP contribution in [0.1, 0.15) is 46.5 Å². The van der Waals surface area contributed by atoms with Crippen LogP contribution in [0, 0.1) is 0 Å². The number of nitrogens with one attached hydrogen (secondary N) is 1. The van der Waals surface area contributed by atoms with Crippen LogP contribution in [0.5, 0.6) is 0 Å². The van der Waals surface area contributed by atoms with Crippen LogP contribution in [0.3, 0.4) is 0 Å². The Kier molecular flexibility index (Phi) is 6.80. The molecule has 3 aromatic rings. The average Bonchev–Trinajstić information content (AvgIpc) is 2.78. The molecule has 0 saturated heterocycles. The number of benzene rings is 3. The SMILES string of the molecule is CCC(C)NC(=O)c1ccc(C(=O)N(Cc2ccccc2)c2ccccc2)cc1. The molecule has 0 spiro atoms. The predicted molar refractivity (Wildman–Crippen MR) is 117 cm³/mol. The second-order valence-corrected chi connectivity index (χ2v) is 7.07. The van der Waals surface area contributed by atoms with Crippen molar-refractivity contribution in [1.29, 1.82) is 0 Å². The Hall–Kier alpha value is -3.40. The fourth-order valence-corrected chi connectivity index (χ4v) is 2.98. The molecule has 0 aliphatic carbocycles. The van der Waals surface area contributed by atoms with Crippen molar-refractivity contribution in [2.24, 2.45) is 0 Å². The van der Waals surface area contributed by atoms with Gasteiger partial charge < -0.3 is 10.2 Å². The normalized spacial score (nSPS) is 11.5. The highest BCUT2D eigenvalue weighted by atomic mass is 16.2. The first-order valence-electron chi connectivity index (χ1n) is 9.90. The first-order valence-corrected chi connectivity index (χ1v) is 9.90. The molecule has 4 nitrogen and oxygen atoms in total. The van der Waals surface area contributed by atoms with Gasteiger partial charge in [0.2, 0.25) is 0 Å². The Bertz CT molecular complexity index is 938. The van der Waals surface area contributed by atoms with Crippen LogP contribution >= 0.6 is 0 Å². The summed E-state index contributed by atoms with van der Waals surface area (Å²) in [5.41, 5.74) is 2.98. The lowest BCUT2D eigenvalue weighted by Gasteiger charge is -2.23. The molecule has 0 fully saturated rings. The molecule has 2 amide bonds. The van der Waals surface area contributed by atoms with Gasteiger partial charge in [0.05, 0.1) is 6.54 Å². The minimum Gasteiger partial charge on any atom is -0.350 e. The molecule has 0 radical (unpaired) electrons. The largest absolute Gasteiger partial charge is 0.350 e. The first-order chi connectivity index (χ1) is 14.1. The maximum absolute atomic E-state index is 13.3. The first kappa shape index (κ1) is 20.3. The van der Waals surface area contributed by atoms with Crippen molar-refractivity contribution in [2.45, 2.75) is 32.9 Å². The van der Waals surface area contributed by atoms with Crippen molar-refractivity contribution in [3.8, 4) is 0 Å². The van der Waals surface area contributed by atoms with E-state index < -0.39 is 0 Å². The maximum Gasteiger partial charge on any atom is 0.258 e. The number of para-hydroxylation sites is 1. The second-order valence-electron chi connectivity index (χ2n) is 7.07. The van der Waals surface area contributed by atoms with E-state index in [-0.39, 0.29) is 17.9 Å². The molecular weight excluding hydrogens is 360 g/mol. The van der Waals surface area contributed by atoms with E-state index in [4.69, 9.17) is 0 Å².